The van der Waals surface area contributed by atoms with Crippen molar-refractivity contribution >= 4 is 29.5 Å². The molecule has 3 aromatic carbocycles. The lowest BCUT2D eigenvalue weighted by molar-refractivity contribution is -0.129. The van der Waals surface area contributed by atoms with E-state index < -0.39 is 5.97 Å². The number of carbonyl (C=O) groups is 1. The van der Waals surface area contributed by atoms with Gasteiger partial charge in [-0.1, -0.05) is 60.1 Å². The van der Waals surface area contributed by atoms with Gasteiger partial charge in [-0.25, -0.2) is 9.79 Å². The summed E-state index contributed by atoms with van der Waals surface area (Å²) < 4.78 is 17.0. The molecule has 0 saturated carbocycles. The Bertz CT molecular complexity index is 1160. The molecule has 0 unspecified atom stereocenters. The van der Waals surface area contributed by atoms with Crippen molar-refractivity contribution in [1.29, 1.82) is 0 Å². The number of cyclic esters (lactones) is 1. The van der Waals surface area contributed by atoms with E-state index in [4.69, 9.17) is 25.8 Å². The van der Waals surface area contributed by atoms with E-state index in [1.165, 1.54) is 0 Å². The molecule has 0 amide bonds. The molecule has 0 radical (unpaired) electrons. The first-order valence-electron chi connectivity index (χ1n) is 9.85. The minimum atomic E-state index is -0.530. The molecule has 4 rings (SSSR count). The quantitative estimate of drug-likeness (QED) is 0.356. The first kappa shape index (κ1) is 20.7. The van der Waals surface area contributed by atoms with Gasteiger partial charge in [0.1, 0.15) is 6.61 Å². The molecule has 1 aliphatic heterocycles. The molecule has 3 aromatic rings. The highest BCUT2D eigenvalue weighted by molar-refractivity contribution is 6.34. The van der Waals surface area contributed by atoms with Gasteiger partial charge in [0.05, 0.1) is 17.2 Å². The summed E-state index contributed by atoms with van der Waals surface area (Å²) >= 11 is 6.18. The van der Waals surface area contributed by atoms with Crippen molar-refractivity contribution in [3.05, 3.63) is 100 Å². The molecule has 0 atom stereocenters. The smallest absolute Gasteiger partial charge is 0.363 e. The van der Waals surface area contributed by atoms with Crippen LogP contribution in [0.4, 0.5) is 0 Å². The Balaban J connectivity index is 1.57. The fraction of sp³-hybridized carbons (Fsp3) is 0.120. The van der Waals surface area contributed by atoms with Gasteiger partial charge >= 0.3 is 5.97 Å². The van der Waals surface area contributed by atoms with E-state index in [9.17, 15) is 4.79 Å². The van der Waals surface area contributed by atoms with Crippen LogP contribution >= 0.6 is 11.6 Å². The second-order valence-corrected chi connectivity index (χ2v) is 7.14. The zero-order valence-corrected chi connectivity index (χ0v) is 17.6. The zero-order chi connectivity index (χ0) is 21.6. The fourth-order valence-corrected chi connectivity index (χ4v) is 3.27. The van der Waals surface area contributed by atoms with Gasteiger partial charge in [-0.05, 0) is 48.4 Å². The summed E-state index contributed by atoms with van der Waals surface area (Å²) in [5.41, 5.74) is 2.56. The Labute approximate surface area is 185 Å². The van der Waals surface area contributed by atoms with E-state index in [2.05, 4.69) is 4.99 Å². The van der Waals surface area contributed by atoms with Crippen LogP contribution in [0.5, 0.6) is 11.5 Å². The number of rotatable bonds is 7. The number of aliphatic imine (C=N–C) groups is 1. The molecule has 1 heterocycles. The predicted octanol–water partition coefficient (Wildman–Crippen LogP) is 5.66. The highest BCUT2D eigenvalue weighted by atomic mass is 35.5. The Kier molecular flexibility index (Phi) is 6.34. The van der Waals surface area contributed by atoms with E-state index in [1.807, 2.05) is 61.5 Å². The van der Waals surface area contributed by atoms with Crippen molar-refractivity contribution in [3.8, 4) is 11.5 Å². The molecule has 31 heavy (non-hydrogen) atoms. The first-order chi connectivity index (χ1) is 15.1. The lowest BCUT2D eigenvalue weighted by atomic mass is 10.1. The molecule has 156 valence electrons. The Hall–Kier alpha value is -3.57. The summed E-state index contributed by atoms with van der Waals surface area (Å²) in [6.45, 7) is 2.82. The molecular weight excluding hydrogens is 414 g/mol. The van der Waals surface area contributed by atoms with Crippen LogP contribution in [0.3, 0.4) is 0 Å². The van der Waals surface area contributed by atoms with Gasteiger partial charge < -0.3 is 14.2 Å². The van der Waals surface area contributed by atoms with Crippen LogP contribution in [-0.2, 0) is 16.1 Å². The molecule has 0 bridgehead atoms. The average Bonchev–Trinajstić information content (AvgIpc) is 3.14. The normalized spacial score (nSPS) is 14.3. The van der Waals surface area contributed by atoms with Gasteiger partial charge in [0.15, 0.2) is 17.2 Å². The van der Waals surface area contributed by atoms with Crippen molar-refractivity contribution in [1.82, 2.24) is 0 Å². The molecule has 0 aliphatic carbocycles. The first-order valence-corrected chi connectivity index (χ1v) is 10.2. The van der Waals surface area contributed by atoms with Gasteiger partial charge in [0.2, 0.25) is 5.90 Å². The number of esters is 1. The number of nitrogens with zero attached hydrogens (tertiary/aromatic N) is 1. The zero-order valence-electron chi connectivity index (χ0n) is 16.9. The monoisotopic (exact) mass is 433 g/mol. The van der Waals surface area contributed by atoms with Gasteiger partial charge in [-0.3, -0.25) is 0 Å². The van der Waals surface area contributed by atoms with Crippen molar-refractivity contribution in [2.24, 2.45) is 4.99 Å². The van der Waals surface area contributed by atoms with Crippen LogP contribution in [0.25, 0.3) is 6.08 Å². The third-order valence-electron chi connectivity index (χ3n) is 4.53. The Morgan fingerprint density at radius 1 is 0.968 bits per heavy atom. The maximum Gasteiger partial charge on any atom is 0.363 e. The largest absolute Gasteiger partial charge is 0.490 e. The van der Waals surface area contributed by atoms with Crippen LogP contribution in [0.2, 0.25) is 5.02 Å². The molecule has 6 heteroatoms. The number of hydrogen-bond donors (Lipinski definition) is 0. The summed E-state index contributed by atoms with van der Waals surface area (Å²) in [6, 6.07) is 22.5. The minimum absolute atomic E-state index is 0.190. The van der Waals surface area contributed by atoms with Crippen LogP contribution in [0, 0.1) is 0 Å². The summed E-state index contributed by atoms with van der Waals surface area (Å²) in [5, 5.41) is 0.467. The number of hydrogen-bond acceptors (Lipinski definition) is 5. The number of benzene rings is 3. The molecule has 0 aromatic heterocycles. The lowest BCUT2D eigenvalue weighted by Gasteiger charge is -2.12. The second kappa shape index (κ2) is 9.49. The van der Waals surface area contributed by atoms with Gasteiger partial charge in [-0.15, -0.1) is 0 Å². The van der Waals surface area contributed by atoms with Crippen LogP contribution in [0.1, 0.15) is 23.6 Å². The maximum absolute atomic E-state index is 12.3. The topological polar surface area (TPSA) is 57.1 Å². The summed E-state index contributed by atoms with van der Waals surface area (Å²) in [7, 11) is 0. The molecular formula is C25H20ClNO4. The van der Waals surface area contributed by atoms with Crippen LogP contribution in [0.15, 0.2) is 83.5 Å². The predicted molar refractivity (Wildman–Crippen MR) is 120 cm³/mol. The van der Waals surface area contributed by atoms with Crippen molar-refractivity contribution < 1.29 is 19.0 Å². The molecule has 0 saturated heterocycles. The number of carbonyl (C=O) groups excluding carboxylic acids is 1. The van der Waals surface area contributed by atoms with E-state index >= 15 is 0 Å². The molecule has 0 fully saturated rings. The van der Waals surface area contributed by atoms with E-state index in [-0.39, 0.29) is 11.6 Å². The fourth-order valence-electron chi connectivity index (χ4n) is 3.05. The molecule has 5 nitrogen and oxygen atoms in total. The van der Waals surface area contributed by atoms with E-state index in [0.29, 0.717) is 35.3 Å². The molecule has 0 N–H and O–H groups in total. The third kappa shape index (κ3) is 4.95. The van der Waals surface area contributed by atoms with Crippen LogP contribution in [-0.4, -0.2) is 18.5 Å². The van der Waals surface area contributed by atoms with E-state index in [1.54, 1.807) is 24.3 Å². The van der Waals surface area contributed by atoms with Gasteiger partial charge in [-0.2, -0.15) is 0 Å². The Morgan fingerprint density at radius 2 is 1.74 bits per heavy atom. The number of halogens is 1. The highest BCUT2D eigenvalue weighted by Crippen LogP contribution is 2.31. The summed E-state index contributed by atoms with van der Waals surface area (Å²) in [6.07, 6.45) is 1.65. The lowest BCUT2D eigenvalue weighted by Crippen LogP contribution is -2.05. The molecule has 0 spiro atoms. The summed E-state index contributed by atoms with van der Waals surface area (Å²) in [5.74, 6) is 0.878. The van der Waals surface area contributed by atoms with Gasteiger partial charge in [0.25, 0.3) is 0 Å². The summed E-state index contributed by atoms with van der Waals surface area (Å²) in [4.78, 5) is 16.6. The number of ether oxygens (including phenoxy) is 3. The van der Waals surface area contributed by atoms with Gasteiger partial charge in [0, 0.05) is 0 Å². The van der Waals surface area contributed by atoms with Crippen molar-refractivity contribution in [2.75, 3.05) is 6.61 Å². The van der Waals surface area contributed by atoms with Crippen molar-refractivity contribution in [2.45, 2.75) is 13.5 Å². The van der Waals surface area contributed by atoms with E-state index in [0.717, 1.165) is 11.1 Å². The molecule has 1 aliphatic rings. The second-order valence-electron chi connectivity index (χ2n) is 6.73. The Morgan fingerprint density at radius 3 is 2.52 bits per heavy atom. The maximum atomic E-state index is 12.3. The SMILES string of the molecule is CCOc1cc(/C=C2\N=C(c3ccccc3Cl)OC2=O)ccc1OCc1ccccc1. The third-order valence-corrected chi connectivity index (χ3v) is 4.86. The van der Waals surface area contributed by atoms with Crippen LogP contribution < -0.4 is 9.47 Å². The standard InChI is InChI=1S/C25H20ClNO4/c1-2-29-23-15-18(12-13-22(23)30-16-17-8-4-3-5-9-17)14-21-25(28)31-24(27-21)19-10-6-7-11-20(19)26/h3-15H,2,16H2,1H3/b21-14-. The van der Waals surface area contributed by atoms with Crippen molar-refractivity contribution in [3.63, 3.8) is 0 Å². The highest BCUT2D eigenvalue weighted by Gasteiger charge is 2.25. The minimum Gasteiger partial charge on any atom is -0.490 e. The average molecular weight is 434 g/mol.